The van der Waals surface area contributed by atoms with Crippen molar-refractivity contribution in [1.82, 2.24) is 0 Å². The second-order valence-corrected chi connectivity index (χ2v) is 5.07. The van der Waals surface area contributed by atoms with Crippen LogP contribution in [0.5, 0.6) is 28.7 Å². The van der Waals surface area contributed by atoms with E-state index >= 15 is 0 Å². The number of rotatable bonds is 1. The lowest BCUT2D eigenvalue weighted by molar-refractivity contribution is -0.0710. The molecule has 6 N–H and O–H groups in total. The highest BCUT2D eigenvalue weighted by Crippen LogP contribution is 2.49. The minimum Gasteiger partial charge on any atom is -0.504 e. The van der Waals surface area contributed by atoms with Crippen molar-refractivity contribution >= 4 is 0 Å². The largest absolute Gasteiger partial charge is 0.504 e. The molecule has 0 unspecified atom stereocenters. The van der Waals surface area contributed by atoms with Gasteiger partial charge in [-0.25, -0.2) is 0 Å². The number of fused-ring (bicyclic) bond motifs is 1. The van der Waals surface area contributed by atoms with Gasteiger partial charge in [-0.3, -0.25) is 0 Å². The second kappa shape index (κ2) is 4.97. The normalized spacial score (nSPS) is 23.6. The van der Waals surface area contributed by atoms with Gasteiger partial charge in [-0.15, -0.1) is 0 Å². The topological polar surface area (TPSA) is 131 Å². The van der Waals surface area contributed by atoms with Gasteiger partial charge in [0.05, 0.1) is 0 Å². The summed E-state index contributed by atoms with van der Waals surface area (Å²) in [6.07, 6.45) is -3.81. The van der Waals surface area contributed by atoms with Crippen molar-refractivity contribution in [3.8, 4) is 28.7 Å². The van der Waals surface area contributed by atoms with Crippen molar-refractivity contribution in [3.05, 3.63) is 41.5 Å². The Morgan fingerprint density at radius 1 is 0.818 bits per heavy atom. The molecule has 116 valence electrons. The molecule has 1 aliphatic heterocycles. The highest BCUT2D eigenvalue weighted by molar-refractivity contribution is 5.56. The van der Waals surface area contributed by atoms with Gasteiger partial charge in [0.1, 0.15) is 12.2 Å². The third kappa shape index (κ3) is 2.07. The van der Waals surface area contributed by atoms with Crippen molar-refractivity contribution in [1.29, 1.82) is 0 Å². The van der Waals surface area contributed by atoms with E-state index in [4.69, 9.17) is 4.74 Å². The van der Waals surface area contributed by atoms with E-state index in [1.54, 1.807) is 0 Å². The summed E-state index contributed by atoms with van der Waals surface area (Å²) < 4.78 is 5.49. The van der Waals surface area contributed by atoms with Crippen LogP contribution in [0.3, 0.4) is 0 Å². The maximum Gasteiger partial charge on any atom is 0.200 e. The molecule has 0 saturated carbocycles. The molecule has 0 radical (unpaired) electrons. The van der Waals surface area contributed by atoms with Crippen LogP contribution in [0.2, 0.25) is 0 Å². The van der Waals surface area contributed by atoms with Gasteiger partial charge < -0.3 is 35.4 Å². The summed E-state index contributed by atoms with van der Waals surface area (Å²) in [5.41, 5.74) is 0.428. The van der Waals surface area contributed by atoms with Crippen LogP contribution in [0.25, 0.3) is 0 Å². The van der Waals surface area contributed by atoms with E-state index < -0.39 is 35.6 Å². The molecular weight excluding hydrogens is 292 g/mol. The van der Waals surface area contributed by atoms with E-state index in [0.29, 0.717) is 0 Å². The number of hydrogen-bond acceptors (Lipinski definition) is 7. The summed E-state index contributed by atoms with van der Waals surface area (Å²) in [6.45, 7) is 0. The Hall–Kier alpha value is -2.64. The lowest BCUT2D eigenvalue weighted by atomic mass is 9.91. The SMILES string of the molecule is Oc1ccc([C@@H]2Oc3c(ccc(O)c3O)[C@@H](O)[C@@H]2O)cc1O. The van der Waals surface area contributed by atoms with Gasteiger partial charge in [-0.05, 0) is 29.8 Å². The Morgan fingerprint density at radius 2 is 1.50 bits per heavy atom. The van der Waals surface area contributed by atoms with Crippen LogP contribution in [-0.4, -0.2) is 36.7 Å². The molecule has 0 aromatic heterocycles. The second-order valence-electron chi connectivity index (χ2n) is 5.07. The van der Waals surface area contributed by atoms with Crippen LogP contribution in [0.1, 0.15) is 23.3 Å². The standard InChI is InChI=1S/C15H14O7/c16-8-3-1-6(5-10(8)18)14-13(21)11(19)7-2-4-9(17)12(20)15(7)22-14/h1-5,11,13-14,16-21H/t11-,13+,14+/m1/s1. The summed E-state index contributed by atoms with van der Waals surface area (Å²) >= 11 is 0. The first kappa shape index (κ1) is 14.3. The van der Waals surface area contributed by atoms with Crippen molar-refractivity contribution in [2.45, 2.75) is 18.3 Å². The number of phenolic OH excluding ortho intramolecular Hbond substituents is 4. The van der Waals surface area contributed by atoms with Gasteiger partial charge >= 0.3 is 0 Å². The van der Waals surface area contributed by atoms with E-state index in [2.05, 4.69) is 0 Å². The first-order valence-corrected chi connectivity index (χ1v) is 6.49. The van der Waals surface area contributed by atoms with Crippen LogP contribution >= 0.6 is 0 Å². The van der Waals surface area contributed by atoms with Gasteiger partial charge in [0.25, 0.3) is 0 Å². The molecular formula is C15H14O7. The highest BCUT2D eigenvalue weighted by atomic mass is 16.5. The zero-order valence-electron chi connectivity index (χ0n) is 11.2. The molecule has 0 aliphatic carbocycles. The molecule has 3 rings (SSSR count). The first-order chi connectivity index (χ1) is 10.4. The molecule has 2 aromatic rings. The monoisotopic (exact) mass is 306 g/mol. The molecule has 1 heterocycles. The molecule has 0 spiro atoms. The van der Waals surface area contributed by atoms with Crippen molar-refractivity contribution < 1.29 is 35.4 Å². The average molecular weight is 306 g/mol. The van der Waals surface area contributed by atoms with Crippen molar-refractivity contribution in [2.75, 3.05) is 0 Å². The Kier molecular flexibility index (Phi) is 3.23. The number of aromatic hydroxyl groups is 4. The van der Waals surface area contributed by atoms with E-state index in [9.17, 15) is 30.6 Å². The minimum atomic E-state index is -1.36. The summed E-state index contributed by atoms with van der Waals surface area (Å²) in [5.74, 6) is -1.86. The first-order valence-electron chi connectivity index (χ1n) is 6.49. The fourth-order valence-electron chi connectivity index (χ4n) is 2.46. The minimum absolute atomic E-state index is 0.141. The molecule has 0 bridgehead atoms. The zero-order valence-corrected chi connectivity index (χ0v) is 11.2. The quantitative estimate of drug-likeness (QED) is 0.434. The summed E-state index contributed by atoms with van der Waals surface area (Å²) in [5, 5.41) is 58.6. The summed E-state index contributed by atoms with van der Waals surface area (Å²) in [6, 6.07) is 6.31. The molecule has 7 nitrogen and oxygen atoms in total. The van der Waals surface area contributed by atoms with Crippen LogP contribution in [-0.2, 0) is 0 Å². The summed E-state index contributed by atoms with van der Waals surface area (Å²) in [4.78, 5) is 0. The van der Waals surface area contributed by atoms with Crippen LogP contribution < -0.4 is 4.74 Å². The van der Waals surface area contributed by atoms with Crippen LogP contribution in [0.15, 0.2) is 30.3 Å². The predicted molar refractivity (Wildman–Crippen MR) is 73.9 cm³/mol. The fraction of sp³-hybridized carbons (Fsp3) is 0.200. The van der Waals surface area contributed by atoms with Gasteiger partial charge in [-0.1, -0.05) is 6.07 Å². The van der Waals surface area contributed by atoms with E-state index in [-0.39, 0.29) is 22.6 Å². The maximum absolute atomic E-state index is 10.2. The third-order valence-corrected chi connectivity index (χ3v) is 3.67. The third-order valence-electron chi connectivity index (χ3n) is 3.67. The predicted octanol–water partition coefficient (Wildman–Crippen LogP) is 1.04. The van der Waals surface area contributed by atoms with Crippen LogP contribution in [0, 0.1) is 0 Å². The lowest BCUT2D eigenvalue weighted by Gasteiger charge is -2.34. The number of hydrogen-bond donors (Lipinski definition) is 6. The molecule has 2 aromatic carbocycles. The Bertz CT molecular complexity index is 728. The van der Waals surface area contributed by atoms with Gasteiger partial charge in [-0.2, -0.15) is 0 Å². The number of benzene rings is 2. The Balaban J connectivity index is 2.07. The van der Waals surface area contributed by atoms with Gasteiger partial charge in [0, 0.05) is 5.56 Å². The molecule has 7 heteroatoms. The molecule has 3 atom stereocenters. The summed E-state index contributed by atoms with van der Waals surface area (Å²) in [7, 11) is 0. The Morgan fingerprint density at radius 3 is 2.18 bits per heavy atom. The average Bonchev–Trinajstić information content (AvgIpc) is 2.49. The lowest BCUT2D eigenvalue weighted by Crippen LogP contribution is -2.34. The number of aliphatic hydroxyl groups excluding tert-OH is 2. The van der Waals surface area contributed by atoms with Gasteiger partial charge in [0.15, 0.2) is 29.1 Å². The van der Waals surface area contributed by atoms with E-state index in [0.717, 1.165) is 0 Å². The molecule has 22 heavy (non-hydrogen) atoms. The number of phenols is 4. The van der Waals surface area contributed by atoms with Gasteiger partial charge in [0.2, 0.25) is 5.75 Å². The van der Waals surface area contributed by atoms with Crippen molar-refractivity contribution in [3.63, 3.8) is 0 Å². The van der Waals surface area contributed by atoms with E-state index in [1.807, 2.05) is 0 Å². The zero-order chi connectivity index (χ0) is 16.0. The molecule has 0 fully saturated rings. The maximum atomic E-state index is 10.2. The highest BCUT2D eigenvalue weighted by Gasteiger charge is 2.39. The van der Waals surface area contributed by atoms with E-state index in [1.165, 1.54) is 30.3 Å². The molecule has 0 saturated heterocycles. The number of aliphatic hydroxyl groups is 2. The molecule has 0 amide bonds. The number of ether oxygens (including phenoxy) is 1. The molecule has 1 aliphatic rings. The Labute approximate surface area is 124 Å². The van der Waals surface area contributed by atoms with Crippen LogP contribution in [0.4, 0.5) is 0 Å². The fourth-order valence-corrected chi connectivity index (χ4v) is 2.46. The smallest absolute Gasteiger partial charge is 0.200 e. The van der Waals surface area contributed by atoms with Crippen molar-refractivity contribution in [2.24, 2.45) is 0 Å².